The largest absolute Gasteiger partial charge is 0.456 e. The molecule has 0 atom stereocenters. The minimum atomic E-state index is -0.709. The first-order chi connectivity index (χ1) is 11.8. The average Bonchev–Trinajstić information content (AvgIpc) is 2.43. The molecule has 0 radical (unpaired) electrons. The van der Waals surface area contributed by atoms with Gasteiger partial charge in [-0.25, -0.2) is 9.59 Å². The Morgan fingerprint density at radius 3 is 1.38 bits per heavy atom. The molecule has 0 aliphatic heterocycles. The molecule has 0 fully saturated rings. The van der Waals surface area contributed by atoms with Crippen LogP contribution < -0.4 is 0 Å². The number of ether oxygens (including phenoxy) is 2. The Hall–Kier alpha value is -2.36. The molecule has 0 aliphatic rings. The van der Waals surface area contributed by atoms with Gasteiger partial charge >= 0.3 is 11.9 Å². The van der Waals surface area contributed by atoms with E-state index in [0.29, 0.717) is 12.8 Å². The van der Waals surface area contributed by atoms with Gasteiger partial charge in [0.15, 0.2) is 0 Å². The van der Waals surface area contributed by atoms with Crippen LogP contribution in [-0.4, -0.2) is 23.1 Å². The Balaban J connectivity index is 3.03. The highest BCUT2D eigenvalue weighted by molar-refractivity contribution is 6.03. The third-order valence-electron chi connectivity index (χ3n) is 3.56. The van der Waals surface area contributed by atoms with Crippen molar-refractivity contribution in [2.45, 2.75) is 65.6 Å². The van der Waals surface area contributed by atoms with Gasteiger partial charge in [0.2, 0.25) is 0 Å². The summed E-state index contributed by atoms with van der Waals surface area (Å²) in [6.07, 6.45) is 1.08. The lowest BCUT2D eigenvalue weighted by Gasteiger charge is -2.27. The van der Waals surface area contributed by atoms with Gasteiger partial charge in [-0.2, -0.15) is 0 Å². The predicted molar refractivity (Wildman–Crippen MR) is 104 cm³/mol. The molecule has 0 bridgehead atoms. The van der Waals surface area contributed by atoms with E-state index in [9.17, 15) is 9.59 Å². The summed E-state index contributed by atoms with van der Waals surface area (Å²) in [6, 6.07) is 6.53. The van der Waals surface area contributed by atoms with Gasteiger partial charge in [0.05, 0.1) is 11.1 Å². The first-order valence-electron chi connectivity index (χ1n) is 8.67. The summed E-state index contributed by atoms with van der Waals surface area (Å²) in [5.41, 5.74) is 0.795. The maximum atomic E-state index is 12.6. The van der Waals surface area contributed by atoms with Gasteiger partial charge in [-0.1, -0.05) is 36.4 Å². The van der Waals surface area contributed by atoms with Crippen LogP contribution in [0, 0.1) is 0 Å². The molecule has 4 nitrogen and oxygen atoms in total. The van der Waals surface area contributed by atoms with Gasteiger partial charge in [0.25, 0.3) is 0 Å². The second kappa shape index (κ2) is 8.35. The Kier molecular flexibility index (Phi) is 6.96. The van der Waals surface area contributed by atoms with Gasteiger partial charge in [0.1, 0.15) is 11.2 Å². The van der Waals surface area contributed by atoms with E-state index in [4.69, 9.17) is 9.47 Å². The standard InChI is InChI=1S/C22H30O4/c1-15(2)13-21(5,6)25-19(23)17-11-9-10-12-18(17)20(24)26-22(7,8)14-16(3)4/h9-12H,1,3,13-14H2,2,4-8H3. The Labute approximate surface area is 156 Å². The third-order valence-corrected chi connectivity index (χ3v) is 3.56. The fraction of sp³-hybridized carbons (Fsp3) is 0.455. The SMILES string of the molecule is C=C(C)CC(C)(C)OC(=O)c1ccccc1C(=O)OC(C)(C)CC(=C)C. The highest BCUT2D eigenvalue weighted by atomic mass is 16.6. The summed E-state index contributed by atoms with van der Waals surface area (Å²) in [5.74, 6) is -1.11. The molecule has 1 aromatic rings. The topological polar surface area (TPSA) is 52.6 Å². The first-order valence-corrected chi connectivity index (χ1v) is 8.67. The van der Waals surface area contributed by atoms with Crippen LogP contribution in [0.1, 0.15) is 75.1 Å². The quantitative estimate of drug-likeness (QED) is 0.455. The highest BCUT2D eigenvalue weighted by Crippen LogP contribution is 2.25. The molecule has 26 heavy (non-hydrogen) atoms. The number of benzene rings is 1. The lowest BCUT2D eigenvalue weighted by molar-refractivity contribution is -0.00551. The van der Waals surface area contributed by atoms with E-state index in [2.05, 4.69) is 13.2 Å². The van der Waals surface area contributed by atoms with E-state index in [1.165, 1.54) is 0 Å². The minimum Gasteiger partial charge on any atom is -0.456 e. The molecular weight excluding hydrogens is 328 g/mol. The van der Waals surface area contributed by atoms with Gasteiger partial charge in [-0.3, -0.25) is 0 Å². The van der Waals surface area contributed by atoms with Crippen LogP contribution in [0.2, 0.25) is 0 Å². The molecule has 0 heterocycles. The van der Waals surface area contributed by atoms with Crippen molar-refractivity contribution in [2.75, 3.05) is 0 Å². The number of carbonyl (C=O) groups excluding carboxylic acids is 2. The molecule has 1 rings (SSSR count). The van der Waals surface area contributed by atoms with Gasteiger partial charge in [-0.05, 0) is 53.7 Å². The summed E-state index contributed by atoms with van der Waals surface area (Å²) in [4.78, 5) is 25.3. The number of esters is 2. The molecule has 0 N–H and O–H groups in total. The zero-order valence-electron chi connectivity index (χ0n) is 16.8. The van der Waals surface area contributed by atoms with Crippen molar-refractivity contribution in [3.8, 4) is 0 Å². The van der Waals surface area contributed by atoms with Crippen molar-refractivity contribution in [3.63, 3.8) is 0 Å². The second-order valence-corrected chi connectivity index (χ2v) is 8.11. The monoisotopic (exact) mass is 358 g/mol. The second-order valence-electron chi connectivity index (χ2n) is 8.11. The number of hydrogen-bond donors (Lipinski definition) is 0. The van der Waals surface area contributed by atoms with E-state index in [1.54, 1.807) is 24.3 Å². The van der Waals surface area contributed by atoms with Crippen molar-refractivity contribution >= 4 is 11.9 Å². The van der Waals surface area contributed by atoms with Crippen molar-refractivity contribution < 1.29 is 19.1 Å². The zero-order chi connectivity index (χ0) is 20.1. The normalized spacial score (nSPS) is 11.6. The van der Waals surface area contributed by atoms with Gasteiger partial charge < -0.3 is 9.47 Å². The molecule has 0 amide bonds. The lowest BCUT2D eigenvalue weighted by atomic mass is 9.99. The van der Waals surface area contributed by atoms with Gasteiger partial charge in [0, 0.05) is 12.8 Å². The molecule has 1 aromatic carbocycles. The molecule has 0 spiro atoms. The molecular formula is C22H30O4. The summed E-state index contributed by atoms with van der Waals surface area (Å²) in [7, 11) is 0. The van der Waals surface area contributed by atoms with E-state index >= 15 is 0 Å². The number of rotatable bonds is 8. The van der Waals surface area contributed by atoms with Crippen LogP contribution in [-0.2, 0) is 9.47 Å². The molecule has 0 aromatic heterocycles. The van der Waals surface area contributed by atoms with Crippen LogP contribution in [0.4, 0.5) is 0 Å². The number of carbonyl (C=O) groups is 2. The molecule has 142 valence electrons. The maximum Gasteiger partial charge on any atom is 0.339 e. The summed E-state index contributed by atoms with van der Waals surface area (Å²) < 4.78 is 11.2. The summed E-state index contributed by atoms with van der Waals surface area (Å²) in [5, 5.41) is 0. The maximum absolute atomic E-state index is 12.6. The zero-order valence-corrected chi connectivity index (χ0v) is 16.8. The van der Waals surface area contributed by atoms with E-state index in [0.717, 1.165) is 11.1 Å². The highest BCUT2D eigenvalue weighted by Gasteiger charge is 2.29. The first kappa shape index (κ1) is 21.7. The third kappa shape index (κ3) is 6.87. The van der Waals surface area contributed by atoms with Crippen LogP contribution in [0.15, 0.2) is 48.6 Å². The van der Waals surface area contributed by atoms with Crippen molar-refractivity contribution in [1.29, 1.82) is 0 Å². The fourth-order valence-corrected chi connectivity index (χ4v) is 2.98. The van der Waals surface area contributed by atoms with Crippen LogP contribution in [0.25, 0.3) is 0 Å². The molecule has 4 heteroatoms. The molecule has 0 unspecified atom stereocenters. The van der Waals surface area contributed by atoms with Crippen molar-refractivity contribution in [1.82, 2.24) is 0 Å². The molecule has 0 aliphatic carbocycles. The molecule has 0 saturated carbocycles. The summed E-state index contributed by atoms with van der Waals surface area (Å²) >= 11 is 0. The van der Waals surface area contributed by atoms with E-state index in [1.807, 2.05) is 41.5 Å². The van der Waals surface area contributed by atoms with Crippen LogP contribution >= 0.6 is 0 Å². The van der Waals surface area contributed by atoms with E-state index in [-0.39, 0.29) is 11.1 Å². The lowest BCUT2D eigenvalue weighted by Crippen LogP contribution is -2.31. The van der Waals surface area contributed by atoms with Crippen LogP contribution in [0.3, 0.4) is 0 Å². The van der Waals surface area contributed by atoms with Crippen LogP contribution in [0.5, 0.6) is 0 Å². The minimum absolute atomic E-state index is 0.193. The van der Waals surface area contributed by atoms with Gasteiger partial charge in [-0.15, -0.1) is 0 Å². The Bertz CT molecular complexity index is 650. The number of hydrogen-bond acceptors (Lipinski definition) is 4. The summed E-state index contributed by atoms with van der Waals surface area (Å²) in [6.45, 7) is 18.7. The Morgan fingerprint density at radius 2 is 1.12 bits per heavy atom. The Morgan fingerprint density at radius 1 is 0.808 bits per heavy atom. The van der Waals surface area contributed by atoms with Crippen molar-refractivity contribution in [2.24, 2.45) is 0 Å². The average molecular weight is 358 g/mol. The smallest absolute Gasteiger partial charge is 0.339 e. The predicted octanol–water partition coefficient (Wildman–Crippen LogP) is 5.49. The molecule has 0 saturated heterocycles. The van der Waals surface area contributed by atoms with E-state index < -0.39 is 23.1 Å². The van der Waals surface area contributed by atoms with Crippen molar-refractivity contribution in [3.05, 3.63) is 59.7 Å². The fourth-order valence-electron chi connectivity index (χ4n) is 2.98.